The third-order valence-electron chi connectivity index (χ3n) is 5.91. The van der Waals surface area contributed by atoms with Gasteiger partial charge in [-0.15, -0.1) is 9.24 Å². The summed E-state index contributed by atoms with van der Waals surface area (Å²) in [4.78, 5) is 0. The van der Waals surface area contributed by atoms with E-state index in [2.05, 4.69) is 32.4 Å². The molecule has 0 bridgehead atoms. The van der Waals surface area contributed by atoms with Gasteiger partial charge in [0.15, 0.2) is 11.7 Å². The van der Waals surface area contributed by atoms with Gasteiger partial charge < -0.3 is 9.47 Å². The van der Waals surface area contributed by atoms with E-state index in [9.17, 15) is 30.7 Å². The molecule has 0 aromatic heterocycles. The Morgan fingerprint density at radius 3 is 2.36 bits per heavy atom. The summed E-state index contributed by atoms with van der Waals surface area (Å²) in [6.45, 7) is 6.45. The van der Waals surface area contributed by atoms with Crippen molar-refractivity contribution in [2.24, 2.45) is 5.92 Å². The molecule has 42 heavy (non-hydrogen) atoms. The van der Waals surface area contributed by atoms with Gasteiger partial charge in [-0.1, -0.05) is 30.6 Å². The number of halogens is 7. The molecule has 3 atom stereocenters. The van der Waals surface area contributed by atoms with Crippen LogP contribution < -0.4 is 4.74 Å². The minimum Gasteiger partial charge on any atom is -0.490 e. The number of hydrogen-bond acceptors (Lipinski definition) is 2. The van der Waals surface area contributed by atoms with Crippen LogP contribution in [0.1, 0.15) is 30.5 Å². The molecule has 2 aromatic carbocycles. The van der Waals surface area contributed by atoms with E-state index in [-0.39, 0.29) is 23.3 Å². The summed E-state index contributed by atoms with van der Waals surface area (Å²) in [6, 6.07) is 5.28. The average molecular weight is 607 g/mol. The third kappa shape index (κ3) is 8.04. The molecule has 0 fully saturated rings. The van der Waals surface area contributed by atoms with Crippen LogP contribution >= 0.6 is 9.24 Å². The fourth-order valence-corrected chi connectivity index (χ4v) is 4.27. The van der Waals surface area contributed by atoms with Gasteiger partial charge in [-0.25, -0.2) is 22.0 Å². The Morgan fingerprint density at radius 2 is 1.76 bits per heavy atom. The zero-order valence-electron chi connectivity index (χ0n) is 22.5. The molecule has 2 nitrogen and oxygen atoms in total. The maximum atomic E-state index is 14.9. The molecule has 3 rings (SSSR count). The molecule has 10 heteroatoms. The van der Waals surface area contributed by atoms with Crippen molar-refractivity contribution in [2.75, 3.05) is 6.61 Å². The first-order valence-electron chi connectivity index (χ1n) is 12.5. The minimum absolute atomic E-state index is 0.0126. The Hall–Kier alpha value is -4.02. The van der Waals surface area contributed by atoms with Crippen LogP contribution in [0.5, 0.6) is 5.75 Å². The summed E-state index contributed by atoms with van der Waals surface area (Å²) in [5, 5.41) is 0. The number of benzene rings is 2. The van der Waals surface area contributed by atoms with Crippen LogP contribution in [0.4, 0.5) is 30.7 Å². The van der Waals surface area contributed by atoms with Gasteiger partial charge in [0.1, 0.15) is 41.1 Å². The largest absolute Gasteiger partial charge is 0.490 e. The van der Waals surface area contributed by atoms with Gasteiger partial charge >= 0.3 is 6.11 Å². The Kier molecular flexibility index (Phi) is 11.0. The number of rotatable bonds is 9. The quantitative estimate of drug-likeness (QED) is 0.0931. The van der Waals surface area contributed by atoms with E-state index in [4.69, 9.17) is 4.74 Å². The van der Waals surface area contributed by atoms with Crippen LogP contribution in [0.3, 0.4) is 0 Å². The summed E-state index contributed by atoms with van der Waals surface area (Å²) >= 11 is 0. The molecule has 0 N–H and O–H groups in total. The topological polar surface area (TPSA) is 18.5 Å². The molecular weight excluding hydrogens is 580 g/mol. The summed E-state index contributed by atoms with van der Waals surface area (Å²) in [6.07, 6.45) is 3.06. The monoisotopic (exact) mass is 606 g/mol. The third-order valence-corrected chi connectivity index (χ3v) is 6.49. The minimum atomic E-state index is -4.22. The van der Waals surface area contributed by atoms with Crippen molar-refractivity contribution in [3.05, 3.63) is 131 Å². The van der Waals surface area contributed by atoms with Crippen molar-refractivity contribution in [3.63, 3.8) is 0 Å². The second-order valence-electron chi connectivity index (χ2n) is 8.85. The summed E-state index contributed by atoms with van der Waals surface area (Å²) in [5.74, 6) is -1.34. The van der Waals surface area contributed by atoms with Gasteiger partial charge in [0.05, 0.1) is 5.92 Å². The van der Waals surface area contributed by atoms with E-state index in [1.54, 1.807) is 6.08 Å². The van der Waals surface area contributed by atoms with Crippen molar-refractivity contribution in [1.82, 2.24) is 0 Å². The Labute approximate surface area is 241 Å². The van der Waals surface area contributed by atoms with Gasteiger partial charge in [-0.3, -0.25) is 0 Å². The molecule has 0 spiro atoms. The van der Waals surface area contributed by atoms with E-state index in [1.807, 2.05) is 0 Å². The van der Waals surface area contributed by atoms with E-state index < -0.39 is 58.1 Å². The molecular formula is C32H26F7O2P. The second kappa shape index (κ2) is 14.2. The molecule has 0 amide bonds. The second-order valence-corrected chi connectivity index (χ2v) is 9.62. The highest BCUT2D eigenvalue weighted by Gasteiger charge is 2.38. The van der Waals surface area contributed by atoms with Crippen molar-refractivity contribution in [3.8, 4) is 17.6 Å². The SMILES string of the molecule is C=CCOC1=CC(P)C(C#Cc2ccc(C(F)(F)Oc3ccc(C(/C=C(F)\C(F)=C\C)=C/C)c(F)c3)c(F)c2)C(F)=C1. The molecule has 1 aliphatic rings. The molecule has 0 aliphatic heterocycles. The van der Waals surface area contributed by atoms with Gasteiger partial charge in [0.2, 0.25) is 0 Å². The van der Waals surface area contributed by atoms with Gasteiger partial charge in [-0.2, -0.15) is 8.78 Å². The first-order chi connectivity index (χ1) is 19.9. The Morgan fingerprint density at radius 1 is 1.02 bits per heavy atom. The van der Waals surface area contributed by atoms with Crippen LogP contribution in [0, 0.1) is 29.4 Å². The van der Waals surface area contributed by atoms with E-state index in [0.29, 0.717) is 11.8 Å². The summed E-state index contributed by atoms with van der Waals surface area (Å²) in [7, 11) is 2.42. The maximum absolute atomic E-state index is 14.9. The van der Waals surface area contributed by atoms with Crippen LogP contribution in [0.2, 0.25) is 0 Å². The van der Waals surface area contributed by atoms with Gasteiger partial charge in [0.25, 0.3) is 0 Å². The standard InChI is InChI=1S/C32H26F7O2P/c1-4-13-40-22-17-28(35)24(31(42)18-22)10-7-19-8-12-25(29(36)14-19)32(38,39)41-21-9-11-23(27(34)16-21)20(5-2)15-30(37)26(33)6-3/h4-6,8-9,11-12,14-18,24,31H,1,13,42H2,2-3H3/b20-5+,26-6-,30-15+. The highest BCUT2D eigenvalue weighted by molar-refractivity contribution is 7.18. The number of hydrogen-bond donors (Lipinski definition) is 0. The molecule has 0 saturated heterocycles. The van der Waals surface area contributed by atoms with Crippen molar-refractivity contribution in [2.45, 2.75) is 25.6 Å². The first kappa shape index (κ1) is 32.5. The zero-order chi connectivity index (χ0) is 31.0. The van der Waals surface area contributed by atoms with Crippen molar-refractivity contribution in [1.29, 1.82) is 0 Å². The number of ether oxygens (including phenoxy) is 2. The lowest BCUT2D eigenvalue weighted by Gasteiger charge is -2.20. The summed E-state index contributed by atoms with van der Waals surface area (Å²) in [5.41, 5.74) is -1.83. The highest BCUT2D eigenvalue weighted by Crippen LogP contribution is 2.35. The average Bonchev–Trinajstić information content (AvgIpc) is 2.93. The predicted molar refractivity (Wildman–Crippen MR) is 152 cm³/mol. The van der Waals surface area contributed by atoms with Crippen molar-refractivity contribution >= 4 is 14.8 Å². The molecule has 0 radical (unpaired) electrons. The van der Waals surface area contributed by atoms with Crippen molar-refractivity contribution < 1.29 is 40.2 Å². The van der Waals surface area contributed by atoms with E-state index >= 15 is 0 Å². The molecule has 1 aliphatic carbocycles. The molecule has 0 heterocycles. The molecule has 3 unspecified atom stereocenters. The maximum Gasteiger partial charge on any atom is 0.429 e. The van der Waals surface area contributed by atoms with E-state index in [1.165, 1.54) is 32.1 Å². The van der Waals surface area contributed by atoms with E-state index in [0.717, 1.165) is 42.5 Å². The van der Waals surface area contributed by atoms with Gasteiger partial charge in [-0.05, 0) is 68.0 Å². The Bertz CT molecular complexity index is 1560. The van der Waals surface area contributed by atoms with Crippen LogP contribution in [0.25, 0.3) is 5.57 Å². The van der Waals surface area contributed by atoms with Crippen LogP contribution in [-0.4, -0.2) is 12.3 Å². The fourth-order valence-electron chi connectivity index (χ4n) is 3.80. The fraction of sp³-hybridized carbons (Fsp3) is 0.188. The first-order valence-corrected chi connectivity index (χ1v) is 13.2. The lowest BCUT2D eigenvalue weighted by Crippen LogP contribution is -2.23. The zero-order valence-corrected chi connectivity index (χ0v) is 23.7. The van der Waals surface area contributed by atoms with Gasteiger partial charge in [0, 0.05) is 28.9 Å². The Balaban J connectivity index is 1.78. The number of allylic oxidation sites excluding steroid dienone is 9. The predicted octanol–water partition coefficient (Wildman–Crippen LogP) is 9.39. The smallest absolute Gasteiger partial charge is 0.429 e. The lowest BCUT2D eigenvalue weighted by molar-refractivity contribution is -0.187. The molecule has 0 saturated carbocycles. The molecule has 2 aromatic rings. The van der Waals surface area contributed by atoms with Crippen LogP contribution in [0.15, 0.2) is 103 Å². The summed E-state index contributed by atoms with van der Waals surface area (Å²) < 4.78 is 111. The normalized spacial score (nSPS) is 18.0. The number of alkyl halides is 2. The highest BCUT2D eigenvalue weighted by atomic mass is 31.0. The van der Waals surface area contributed by atoms with Crippen LogP contribution in [-0.2, 0) is 10.8 Å². The lowest BCUT2D eigenvalue weighted by atomic mass is 9.98. The molecule has 220 valence electrons.